The maximum Gasteiger partial charge on any atom is 0.339 e. The number of phenols is 1. The third-order valence-electron chi connectivity index (χ3n) is 3.22. The highest BCUT2D eigenvalue weighted by Gasteiger charge is 2.27. The Labute approximate surface area is 144 Å². The summed E-state index contributed by atoms with van der Waals surface area (Å²) in [5.74, 6) is -1.67. The minimum Gasteiger partial charge on any atom is -0.508 e. The van der Waals surface area contributed by atoms with E-state index in [2.05, 4.69) is 10.6 Å². The van der Waals surface area contributed by atoms with Crippen LogP contribution in [0.1, 0.15) is 28.9 Å². The molecule has 0 fully saturated rings. The number of imide groups is 1. The Morgan fingerprint density at radius 1 is 1.08 bits per heavy atom. The minimum atomic E-state index is -1.31. The molecule has 7 heteroatoms. The quantitative estimate of drug-likeness (QED) is 0.722. The molecule has 1 atom stereocenters. The van der Waals surface area contributed by atoms with Crippen LogP contribution in [0.15, 0.2) is 54.6 Å². The van der Waals surface area contributed by atoms with Gasteiger partial charge in [-0.3, -0.25) is 10.1 Å². The summed E-state index contributed by atoms with van der Waals surface area (Å²) in [5.41, 5.74) is 0.504. The van der Waals surface area contributed by atoms with Crippen LogP contribution in [0.5, 0.6) is 5.75 Å². The van der Waals surface area contributed by atoms with E-state index in [1.54, 1.807) is 37.3 Å². The summed E-state index contributed by atoms with van der Waals surface area (Å²) in [4.78, 5) is 36.2. The molecule has 25 heavy (non-hydrogen) atoms. The van der Waals surface area contributed by atoms with Crippen LogP contribution < -0.4 is 10.6 Å². The summed E-state index contributed by atoms with van der Waals surface area (Å²) in [7, 11) is 0. The number of esters is 1. The number of carbonyl (C=O) groups is 3. The zero-order valence-electron chi connectivity index (χ0n) is 13.6. The average Bonchev–Trinajstić information content (AvgIpc) is 2.60. The van der Waals surface area contributed by atoms with Gasteiger partial charge in [0.15, 0.2) is 0 Å². The smallest absolute Gasteiger partial charge is 0.339 e. The summed E-state index contributed by atoms with van der Waals surface area (Å²) in [6, 6.07) is 13.2. The number of carbonyl (C=O) groups excluding carboxylic acids is 3. The molecule has 2 rings (SSSR count). The Hall–Kier alpha value is -3.35. The first-order valence-corrected chi connectivity index (χ1v) is 7.65. The molecule has 2 aromatic rings. The number of aromatic hydroxyl groups is 1. The first-order chi connectivity index (χ1) is 12.0. The van der Waals surface area contributed by atoms with Crippen LogP contribution in [0, 0.1) is 0 Å². The van der Waals surface area contributed by atoms with Crippen molar-refractivity contribution in [1.82, 2.24) is 10.6 Å². The van der Waals surface area contributed by atoms with Gasteiger partial charge < -0.3 is 15.2 Å². The van der Waals surface area contributed by atoms with Crippen molar-refractivity contribution in [3.05, 3.63) is 65.7 Å². The molecule has 0 aliphatic rings. The van der Waals surface area contributed by atoms with Gasteiger partial charge in [0.25, 0.3) is 5.91 Å². The molecule has 0 aliphatic carbocycles. The van der Waals surface area contributed by atoms with Crippen molar-refractivity contribution >= 4 is 17.9 Å². The highest BCUT2D eigenvalue weighted by atomic mass is 16.5. The third kappa shape index (κ3) is 5.07. The van der Waals surface area contributed by atoms with Crippen molar-refractivity contribution in [2.24, 2.45) is 0 Å². The van der Waals surface area contributed by atoms with Gasteiger partial charge in [-0.25, -0.2) is 9.59 Å². The van der Waals surface area contributed by atoms with Gasteiger partial charge in [0.1, 0.15) is 5.75 Å². The van der Waals surface area contributed by atoms with E-state index in [4.69, 9.17) is 4.74 Å². The fraction of sp³-hybridized carbons (Fsp3) is 0.167. The van der Waals surface area contributed by atoms with Crippen LogP contribution in [-0.2, 0) is 9.53 Å². The van der Waals surface area contributed by atoms with Crippen LogP contribution in [-0.4, -0.2) is 29.6 Å². The zero-order chi connectivity index (χ0) is 18.2. The lowest BCUT2D eigenvalue weighted by Gasteiger charge is -2.17. The Bertz CT molecular complexity index is 761. The second-order valence-corrected chi connectivity index (χ2v) is 5.10. The Balaban J connectivity index is 2.21. The first kappa shape index (κ1) is 18.0. The Morgan fingerprint density at radius 3 is 2.44 bits per heavy atom. The van der Waals surface area contributed by atoms with Gasteiger partial charge in [-0.05, 0) is 25.1 Å². The number of amides is 3. The monoisotopic (exact) mass is 342 g/mol. The van der Waals surface area contributed by atoms with Crippen molar-refractivity contribution in [2.45, 2.75) is 13.0 Å². The second-order valence-electron chi connectivity index (χ2n) is 5.10. The highest BCUT2D eigenvalue weighted by molar-refractivity contribution is 5.99. The zero-order valence-corrected chi connectivity index (χ0v) is 13.6. The number of phenolic OH excluding ortho intramolecular Hbond substituents is 1. The molecule has 0 aromatic heterocycles. The molecule has 2 aromatic carbocycles. The molecule has 3 amide bonds. The maximum atomic E-state index is 12.4. The van der Waals surface area contributed by atoms with Gasteiger partial charge in [0.05, 0.1) is 5.56 Å². The fourth-order valence-electron chi connectivity index (χ4n) is 2.09. The molecular weight excluding hydrogens is 324 g/mol. The largest absolute Gasteiger partial charge is 0.508 e. The van der Waals surface area contributed by atoms with Crippen molar-refractivity contribution in [1.29, 1.82) is 0 Å². The van der Waals surface area contributed by atoms with Crippen LogP contribution in [0.25, 0.3) is 0 Å². The van der Waals surface area contributed by atoms with E-state index in [0.717, 1.165) is 0 Å². The van der Waals surface area contributed by atoms with Gasteiger partial charge in [-0.1, -0.05) is 36.4 Å². The standard InChI is InChI=1S/C18H18N2O5/c1-2-19-18(24)20-16(22)15(12-7-4-3-5-8-12)25-17(23)13-9-6-10-14(21)11-13/h3-11,15,21H,2H2,1H3,(H2,19,20,22,24)/t15-/m1/s1. The third-order valence-corrected chi connectivity index (χ3v) is 3.22. The predicted molar refractivity (Wildman–Crippen MR) is 89.9 cm³/mol. The van der Waals surface area contributed by atoms with E-state index >= 15 is 0 Å². The van der Waals surface area contributed by atoms with E-state index in [1.807, 2.05) is 0 Å². The van der Waals surface area contributed by atoms with Crippen LogP contribution in [0.4, 0.5) is 4.79 Å². The molecule has 0 heterocycles. The van der Waals surface area contributed by atoms with Crippen molar-refractivity contribution in [2.75, 3.05) is 6.54 Å². The number of ether oxygens (including phenoxy) is 1. The molecule has 7 nitrogen and oxygen atoms in total. The minimum absolute atomic E-state index is 0.0896. The topological polar surface area (TPSA) is 105 Å². The molecule has 0 saturated carbocycles. The average molecular weight is 342 g/mol. The lowest BCUT2D eigenvalue weighted by atomic mass is 10.1. The number of hydrogen-bond acceptors (Lipinski definition) is 5. The number of nitrogens with one attached hydrogen (secondary N) is 2. The summed E-state index contributed by atoms with van der Waals surface area (Å²) in [5, 5.41) is 14.0. The first-order valence-electron chi connectivity index (χ1n) is 7.65. The normalized spacial score (nSPS) is 11.2. The van der Waals surface area contributed by atoms with Crippen molar-refractivity contribution in [3.8, 4) is 5.75 Å². The molecule has 0 spiro atoms. The van der Waals surface area contributed by atoms with Gasteiger partial charge >= 0.3 is 12.0 Å². The second kappa shape index (κ2) is 8.49. The number of rotatable bonds is 5. The van der Waals surface area contributed by atoms with Crippen molar-refractivity contribution < 1.29 is 24.2 Å². The van der Waals surface area contributed by atoms with Gasteiger partial charge in [0.2, 0.25) is 6.10 Å². The molecule has 0 unspecified atom stereocenters. The molecule has 0 saturated heterocycles. The van der Waals surface area contributed by atoms with E-state index in [0.29, 0.717) is 12.1 Å². The number of urea groups is 1. The predicted octanol–water partition coefficient (Wildman–Crippen LogP) is 2.14. The summed E-state index contributed by atoms with van der Waals surface area (Å²) >= 11 is 0. The summed E-state index contributed by atoms with van der Waals surface area (Å²) in [6.07, 6.45) is -1.31. The Kier molecular flexibility index (Phi) is 6.11. The van der Waals surface area contributed by atoms with E-state index in [9.17, 15) is 19.5 Å². The van der Waals surface area contributed by atoms with E-state index in [-0.39, 0.29) is 11.3 Å². The van der Waals surface area contributed by atoms with Crippen molar-refractivity contribution in [3.63, 3.8) is 0 Å². The van der Waals surface area contributed by atoms with E-state index in [1.165, 1.54) is 24.3 Å². The lowest BCUT2D eigenvalue weighted by molar-refractivity contribution is -0.129. The van der Waals surface area contributed by atoms with Crippen LogP contribution >= 0.6 is 0 Å². The van der Waals surface area contributed by atoms with Gasteiger partial charge in [-0.15, -0.1) is 0 Å². The number of benzene rings is 2. The molecule has 0 radical (unpaired) electrons. The molecular formula is C18H18N2O5. The van der Waals surface area contributed by atoms with Crippen LogP contribution in [0.2, 0.25) is 0 Å². The molecule has 130 valence electrons. The van der Waals surface area contributed by atoms with Crippen LogP contribution in [0.3, 0.4) is 0 Å². The fourth-order valence-corrected chi connectivity index (χ4v) is 2.09. The molecule has 0 aliphatic heterocycles. The Morgan fingerprint density at radius 2 is 1.80 bits per heavy atom. The maximum absolute atomic E-state index is 12.4. The summed E-state index contributed by atoms with van der Waals surface area (Å²) < 4.78 is 5.28. The number of hydrogen-bond donors (Lipinski definition) is 3. The molecule has 3 N–H and O–H groups in total. The van der Waals surface area contributed by atoms with Gasteiger partial charge in [0, 0.05) is 12.1 Å². The summed E-state index contributed by atoms with van der Waals surface area (Å²) in [6.45, 7) is 2.05. The SMILES string of the molecule is CCNC(=O)NC(=O)[C@H](OC(=O)c1cccc(O)c1)c1ccccc1. The van der Waals surface area contributed by atoms with E-state index < -0.39 is 24.0 Å². The lowest BCUT2D eigenvalue weighted by Crippen LogP contribution is -2.42. The van der Waals surface area contributed by atoms with Gasteiger partial charge in [-0.2, -0.15) is 0 Å². The molecule has 0 bridgehead atoms. The highest BCUT2D eigenvalue weighted by Crippen LogP contribution is 2.21.